The number of halogens is 12. The van der Waals surface area contributed by atoms with Crippen molar-refractivity contribution in [1.82, 2.24) is 0 Å². The molecule has 0 N–H and O–H groups in total. The van der Waals surface area contributed by atoms with Crippen molar-refractivity contribution in [3.63, 3.8) is 0 Å². The van der Waals surface area contributed by atoms with Gasteiger partial charge < -0.3 is 40.9 Å². The lowest BCUT2D eigenvalue weighted by atomic mass is 10.3. The second kappa shape index (κ2) is 22.4. The van der Waals surface area contributed by atoms with Crippen LogP contribution in [-0.2, 0) is 63.8 Å². The third-order valence-electron chi connectivity index (χ3n) is 7.91. The van der Waals surface area contributed by atoms with Gasteiger partial charge in [-0.3, -0.25) is 0 Å². The quantitative estimate of drug-likeness (QED) is 0.110. The molecule has 57 heavy (non-hydrogen) atoms. The third kappa shape index (κ3) is 19.2. The molecule has 2 aliphatic rings. The van der Waals surface area contributed by atoms with Crippen LogP contribution in [0.1, 0.15) is 13.8 Å². The molecule has 2 saturated heterocycles. The van der Waals surface area contributed by atoms with Crippen LogP contribution in [0, 0.1) is 0 Å². The monoisotopic (exact) mass is 950 g/mol. The van der Waals surface area contributed by atoms with Gasteiger partial charge in [-0.15, -0.1) is 0 Å². The molecule has 0 amide bonds. The van der Waals surface area contributed by atoms with Crippen LogP contribution in [0.15, 0.2) is 0 Å². The van der Waals surface area contributed by atoms with Crippen LogP contribution in [0.4, 0.5) is 52.7 Å². The maximum Gasteiger partial charge on any atom is 0.480 e. The standard InChI is InChI=1S/C20H42N2O5.2C2F6NO4S2/c1-3-21(5-11-23-12-6-21)9-15-25-17-19-27-20-18-26-16-10-22(4-2)7-13-24-14-8-22;2*3-1(4,5)14(10,11)9-15(12,13)2(6,7)8/h3-20H2,1-2H3;;/q+2;2*-1. The van der Waals surface area contributed by atoms with Crippen molar-refractivity contribution in [2.75, 3.05) is 118 Å². The van der Waals surface area contributed by atoms with Crippen molar-refractivity contribution in [2.45, 2.75) is 35.9 Å². The molecule has 0 atom stereocenters. The Morgan fingerprint density at radius 2 is 0.649 bits per heavy atom. The zero-order valence-electron chi connectivity index (χ0n) is 30.0. The number of likely N-dealkylation sites (N-methyl/N-ethyl adjacent to an activating group) is 2. The van der Waals surface area contributed by atoms with E-state index in [4.69, 9.17) is 23.7 Å². The maximum atomic E-state index is 11.4. The van der Waals surface area contributed by atoms with Crippen molar-refractivity contribution in [2.24, 2.45) is 0 Å². The second-order valence-electron chi connectivity index (χ2n) is 11.6. The fourth-order valence-corrected chi connectivity index (χ4v) is 7.76. The van der Waals surface area contributed by atoms with Gasteiger partial charge in [0.15, 0.2) is 40.1 Å². The molecular weight excluding hydrogens is 909 g/mol. The van der Waals surface area contributed by atoms with Crippen LogP contribution in [0.3, 0.4) is 0 Å². The zero-order valence-corrected chi connectivity index (χ0v) is 33.3. The zero-order chi connectivity index (χ0) is 44.7. The van der Waals surface area contributed by atoms with E-state index < -0.39 is 62.1 Å². The Morgan fingerprint density at radius 1 is 0.439 bits per heavy atom. The predicted octanol–water partition coefficient (Wildman–Crippen LogP) is 2.89. The first-order valence-electron chi connectivity index (χ1n) is 16.0. The van der Waals surface area contributed by atoms with Crippen molar-refractivity contribution in [3.8, 4) is 0 Å². The predicted molar refractivity (Wildman–Crippen MR) is 172 cm³/mol. The summed E-state index contributed by atoms with van der Waals surface area (Å²) in [5, 5.41) is 0. The van der Waals surface area contributed by atoms with Gasteiger partial charge >= 0.3 is 22.0 Å². The van der Waals surface area contributed by atoms with Gasteiger partial charge in [-0.25, -0.2) is 33.7 Å². The molecule has 17 nitrogen and oxygen atoms in total. The molecule has 0 bridgehead atoms. The molecule has 2 rings (SSSR count). The minimum atomic E-state index is -6.72. The first-order chi connectivity index (χ1) is 25.7. The van der Waals surface area contributed by atoms with E-state index in [1.807, 2.05) is 0 Å². The average Bonchev–Trinajstić information content (AvgIpc) is 3.06. The Kier molecular flexibility index (Phi) is 21.9. The highest BCUT2D eigenvalue weighted by Gasteiger charge is 2.48. The van der Waals surface area contributed by atoms with Gasteiger partial charge in [0, 0.05) is 0 Å². The Morgan fingerprint density at radius 3 is 0.842 bits per heavy atom. The maximum absolute atomic E-state index is 11.4. The van der Waals surface area contributed by atoms with E-state index in [0.29, 0.717) is 26.4 Å². The van der Waals surface area contributed by atoms with Gasteiger partial charge in [0.2, 0.25) is 0 Å². The summed E-state index contributed by atoms with van der Waals surface area (Å²) in [5.74, 6) is 0. The first kappa shape index (κ1) is 55.6. The molecule has 0 unspecified atom stereocenters. The van der Waals surface area contributed by atoms with Crippen LogP contribution >= 0.6 is 0 Å². The molecule has 2 fully saturated rings. The molecule has 0 aromatic rings. The first-order valence-corrected chi connectivity index (χ1v) is 21.7. The molecule has 0 aromatic carbocycles. The Balaban J connectivity index is 0.000000896. The molecule has 2 aliphatic heterocycles. The third-order valence-corrected chi connectivity index (χ3v) is 13.4. The van der Waals surface area contributed by atoms with E-state index in [0.717, 1.165) is 109 Å². The van der Waals surface area contributed by atoms with Crippen molar-refractivity contribution in [3.05, 3.63) is 8.25 Å². The van der Waals surface area contributed by atoms with E-state index in [9.17, 15) is 86.4 Å². The number of rotatable bonds is 18. The van der Waals surface area contributed by atoms with Crippen molar-refractivity contribution < 1.29 is 119 Å². The Hall–Kier alpha value is -1.40. The second-order valence-corrected chi connectivity index (χ2v) is 18.4. The molecule has 0 spiro atoms. The van der Waals surface area contributed by atoms with E-state index in [-0.39, 0.29) is 0 Å². The molecule has 33 heteroatoms. The number of quaternary nitrogens is 2. The van der Waals surface area contributed by atoms with Crippen LogP contribution in [0.25, 0.3) is 8.25 Å². The fourth-order valence-electron chi connectivity index (χ4n) is 4.34. The summed E-state index contributed by atoms with van der Waals surface area (Å²) in [7, 11) is -26.9. The van der Waals surface area contributed by atoms with Crippen LogP contribution in [0.2, 0.25) is 0 Å². The fraction of sp³-hybridized carbons (Fsp3) is 1.00. The van der Waals surface area contributed by atoms with Crippen molar-refractivity contribution in [1.29, 1.82) is 0 Å². The van der Waals surface area contributed by atoms with Crippen molar-refractivity contribution >= 4 is 40.1 Å². The molecule has 0 radical (unpaired) electrons. The number of nitrogens with zero attached hydrogens (tertiary/aromatic N) is 4. The number of ether oxygens (including phenoxy) is 5. The van der Waals surface area contributed by atoms with Crippen LogP contribution < -0.4 is 0 Å². The number of hydrogen-bond acceptors (Lipinski definition) is 13. The number of alkyl halides is 12. The van der Waals surface area contributed by atoms with E-state index >= 15 is 0 Å². The van der Waals surface area contributed by atoms with E-state index in [2.05, 4.69) is 13.8 Å². The number of sulfonamides is 4. The van der Waals surface area contributed by atoms with Gasteiger partial charge in [-0.2, -0.15) is 52.7 Å². The Bertz CT molecular complexity index is 1430. The van der Waals surface area contributed by atoms with Gasteiger partial charge in [0.1, 0.15) is 39.3 Å². The summed E-state index contributed by atoms with van der Waals surface area (Å²) in [6.07, 6.45) is 0. The average molecular weight is 951 g/mol. The molecule has 344 valence electrons. The topological polar surface area (TPSA) is 211 Å². The van der Waals surface area contributed by atoms with Gasteiger partial charge in [0.05, 0.1) is 79.2 Å². The summed E-state index contributed by atoms with van der Waals surface area (Å²) < 4.78 is 249. The van der Waals surface area contributed by atoms with Gasteiger partial charge in [-0.05, 0) is 13.8 Å². The highest BCUT2D eigenvalue weighted by atomic mass is 32.3. The highest BCUT2D eigenvalue weighted by Crippen LogP contribution is 2.37. The lowest BCUT2D eigenvalue weighted by Crippen LogP contribution is -2.56. The highest BCUT2D eigenvalue weighted by molar-refractivity contribution is 8.13. The summed E-state index contributed by atoms with van der Waals surface area (Å²) >= 11 is 0. The minimum Gasteiger partial charge on any atom is -0.421 e. The smallest absolute Gasteiger partial charge is 0.421 e. The summed E-state index contributed by atoms with van der Waals surface area (Å²) in [6, 6.07) is 0. The lowest BCUT2D eigenvalue weighted by Gasteiger charge is -2.40. The Labute approximate surface area is 321 Å². The van der Waals surface area contributed by atoms with Crippen LogP contribution in [-0.4, -0.2) is 183 Å². The normalized spacial score (nSPS) is 18.5. The molecule has 0 aliphatic carbocycles. The number of morpholine rings is 2. The summed E-state index contributed by atoms with van der Waals surface area (Å²) in [6.45, 7) is 21.2. The largest absolute Gasteiger partial charge is 0.480 e. The van der Waals surface area contributed by atoms with E-state index in [1.54, 1.807) is 0 Å². The molecule has 0 saturated carbocycles. The molecule has 2 heterocycles. The van der Waals surface area contributed by atoms with Gasteiger partial charge in [-0.1, -0.05) is 0 Å². The SMILES string of the molecule is CC[N+]1(CCOCCOCCOCC[N+]2(CC)CCOCC2)CCOCC1.O=S(=O)([N-]S(=O)(=O)C(F)(F)F)C(F)(F)F.O=S(=O)([N-]S(=O)(=O)C(F)(F)F)C(F)(F)F. The molecular formula is C24H42F12N4O13S4. The number of hydrogen-bond donors (Lipinski definition) is 0. The minimum absolute atomic E-state index is 0.644. The van der Waals surface area contributed by atoms with Gasteiger partial charge in [0.25, 0.3) is 0 Å². The molecule has 0 aromatic heterocycles. The summed E-state index contributed by atoms with van der Waals surface area (Å²) in [5.41, 5.74) is -24.8. The van der Waals surface area contributed by atoms with E-state index in [1.165, 1.54) is 0 Å². The summed E-state index contributed by atoms with van der Waals surface area (Å²) in [4.78, 5) is 0. The van der Waals surface area contributed by atoms with Crippen LogP contribution in [0.5, 0.6) is 0 Å². The lowest BCUT2D eigenvalue weighted by molar-refractivity contribution is -0.933.